The van der Waals surface area contributed by atoms with Crippen molar-refractivity contribution in [3.63, 3.8) is 0 Å². The molecule has 1 unspecified atom stereocenters. The van der Waals surface area contributed by atoms with Crippen molar-refractivity contribution in [2.45, 2.75) is 12.6 Å². The Labute approximate surface area is 110 Å². The van der Waals surface area contributed by atoms with Gasteiger partial charge in [-0.2, -0.15) is 0 Å². The normalized spacial score (nSPS) is 12.7. The lowest BCUT2D eigenvalue weighted by atomic mass is 10.2. The van der Waals surface area contributed by atoms with Gasteiger partial charge < -0.3 is 13.4 Å². The SMILES string of the molecule is Cn1ccnc1C(NCc1ccoc1)c1ccco1. The molecule has 0 aliphatic rings. The van der Waals surface area contributed by atoms with Crippen molar-refractivity contribution in [3.05, 3.63) is 66.5 Å². The minimum atomic E-state index is -0.0788. The number of nitrogens with zero attached hydrogens (tertiary/aromatic N) is 2. The summed E-state index contributed by atoms with van der Waals surface area (Å²) < 4.78 is 12.6. The number of rotatable bonds is 5. The van der Waals surface area contributed by atoms with E-state index in [9.17, 15) is 0 Å². The third kappa shape index (κ3) is 2.46. The molecule has 98 valence electrons. The molecule has 0 saturated carbocycles. The van der Waals surface area contributed by atoms with E-state index in [2.05, 4.69) is 10.3 Å². The van der Waals surface area contributed by atoms with Crippen LogP contribution in [0.5, 0.6) is 0 Å². The summed E-state index contributed by atoms with van der Waals surface area (Å²) in [6.45, 7) is 0.689. The largest absolute Gasteiger partial charge is 0.472 e. The lowest BCUT2D eigenvalue weighted by Gasteiger charge is -2.16. The molecule has 3 aromatic heterocycles. The van der Waals surface area contributed by atoms with E-state index in [0.29, 0.717) is 6.54 Å². The highest BCUT2D eigenvalue weighted by molar-refractivity contribution is 5.16. The number of aromatic nitrogens is 2. The summed E-state index contributed by atoms with van der Waals surface area (Å²) in [6.07, 6.45) is 8.77. The summed E-state index contributed by atoms with van der Waals surface area (Å²) in [5, 5.41) is 3.43. The molecule has 5 nitrogen and oxygen atoms in total. The van der Waals surface area contributed by atoms with Crippen LogP contribution in [0, 0.1) is 0 Å². The van der Waals surface area contributed by atoms with Gasteiger partial charge >= 0.3 is 0 Å². The number of hydrogen-bond acceptors (Lipinski definition) is 4. The van der Waals surface area contributed by atoms with Crippen LogP contribution in [-0.4, -0.2) is 9.55 Å². The van der Waals surface area contributed by atoms with Crippen molar-refractivity contribution >= 4 is 0 Å². The van der Waals surface area contributed by atoms with Gasteiger partial charge in [0.15, 0.2) is 0 Å². The number of hydrogen-bond donors (Lipinski definition) is 1. The molecule has 3 aromatic rings. The zero-order valence-electron chi connectivity index (χ0n) is 10.6. The molecule has 0 fully saturated rings. The predicted molar refractivity (Wildman–Crippen MR) is 69.3 cm³/mol. The van der Waals surface area contributed by atoms with Crippen LogP contribution in [0.2, 0.25) is 0 Å². The Hall–Kier alpha value is -2.27. The minimum Gasteiger partial charge on any atom is -0.472 e. The second-order valence-electron chi connectivity index (χ2n) is 4.36. The number of aryl methyl sites for hydroxylation is 1. The summed E-state index contributed by atoms with van der Waals surface area (Å²) in [6, 6.07) is 5.68. The van der Waals surface area contributed by atoms with Gasteiger partial charge in [-0.1, -0.05) is 0 Å². The molecule has 0 bridgehead atoms. The van der Waals surface area contributed by atoms with Crippen LogP contribution in [0.3, 0.4) is 0 Å². The van der Waals surface area contributed by atoms with E-state index in [1.165, 1.54) is 0 Å². The van der Waals surface area contributed by atoms with Crippen molar-refractivity contribution in [1.82, 2.24) is 14.9 Å². The molecular formula is C14H15N3O2. The van der Waals surface area contributed by atoms with Crippen molar-refractivity contribution in [2.24, 2.45) is 7.05 Å². The average molecular weight is 257 g/mol. The quantitative estimate of drug-likeness (QED) is 0.763. The van der Waals surface area contributed by atoms with E-state index in [1.54, 1.807) is 25.0 Å². The Bertz CT molecular complexity index is 611. The van der Waals surface area contributed by atoms with Gasteiger partial charge in [0.25, 0.3) is 0 Å². The summed E-state index contributed by atoms with van der Waals surface area (Å²) in [4.78, 5) is 4.39. The molecule has 1 atom stereocenters. The standard InChI is InChI=1S/C14H15N3O2/c1-17-6-5-15-14(17)13(12-3-2-7-19-12)16-9-11-4-8-18-10-11/h2-8,10,13,16H,9H2,1H3. The first-order valence-corrected chi connectivity index (χ1v) is 6.09. The third-order valence-corrected chi connectivity index (χ3v) is 3.03. The minimum absolute atomic E-state index is 0.0788. The maximum Gasteiger partial charge on any atom is 0.133 e. The zero-order chi connectivity index (χ0) is 13.1. The fourth-order valence-electron chi connectivity index (χ4n) is 2.04. The Morgan fingerprint density at radius 2 is 2.32 bits per heavy atom. The lowest BCUT2D eigenvalue weighted by Crippen LogP contribution is -2.24. The molecule has 0 aromatic carbocycles. The van der Waals surface area contributed by atoms with Crippen molar-refractivity contribution in [1.29, 1.82) is 0 Å². The van der Waals surface area contributed by atoms with E-state index < -0.39 is 0 Å². The molecule has 5 heteroatoms. The van der Waals surface area contributed by atoms with Crippen LogP contribution in [0.25, 0.3) is 0 Å². The van der Waals surface area contributed by atoms with Gasteiger partial charge in [0.1, 0.15) is 17.6 Å². The van der Waals surface area contributed by atoms with Gasteiger partial charge in [-0.15, -0.1) is 0 Å². The van der Waals surface area contributed by atoms with Gasteiger partial charge in [0.2, 0.25) is 0 Å². The van der Waals surface area contributed by atoms with Gasteiger partial charge in [0.05, 0.1) is 18.8 Å². The third-order valence-electron chi connectivity index (χ3n) is 3.03. The van der Waals surface area contributed by atoms with Gasteiger partial charge in [-0.25, -0.2) is 4.98 Å². The maximum atomic E-state index is 5.51. The molecule has 3 rings (SSSR count). The molecule has 3 heterocycles. The Kier molecular flexibility index (Phi) is 3.20. The monoisotopic (exact) mass is 257 g/mol. The van der Waals surface area contributed by atoms with Crippen molar-refractivity contribution < 1.29 is 8.83 Å². The molecule has 0 amide bonds. The lowest BCUT2D eigenvalue weighted by molar-refractivity contribution is 0.428. The van der Waals surface area contributed by atoms with Crippen LogP contribution in [0.15, 0.2) is 58.2 Å². The van der Waals surface area contributed by atoms with Crippen LogP contribution in [0.4, 0.5) is 0 Å². The summed E-state index contributed by atoms with van der Waals surface area (Å²) in [5.41, 5.74) is 1.09. The maximum absolute atomic E-state index is 5.51. The molecule has 0 saturated heterocycles. The average Bonchev–Trinajstić information content (AvgIpc) is 3.13. The van der Waals surface area contributed by atoms with E-state index in [-0.39, 0.29) is 6.04 Å². The first-order valence-electron chi connectivity index (χ1n) is 6.09. The number of furan rings is 2. The Morgan fingerprint density at radius 1 is 1.37 bits per heavy atom. The van der Waals surface area contributed by atoms with Crippen LogP contribution in [-0.2, 0) is 13.6 Å². The molecule has 0 aliphatic heterocycles. The molecule has 0 radical (unpaired) electrons. The van der Waals surface area contributed by atoms with Gasteiger partial charge in [0, 0.05) is 31.5 Å². The topological polar surface area (TPSA) is 56.1 Å². The smallest absolute Gasteiger partial charge is 0.133 e. The second-order valence-corrected chi connectivity index (χ2v) is 4.36. The van der Waals surface area contributed by atoms with Crippen molar-refractivity contribution in [3.8, 4) is 0 Å². The molecule has 0 aliphatic carbocycles. The summed E-state index contributed by atoms with van der Waals surface area (Å²) in [5.74, 6) is 1.76. The molecule has 1 N–H and O–H groups in total. The Balaban J connectivity index is 1.83. The van der Waals surface area contributed by atoms with Crippen LogP contribution >= 0.6 is 0 Å². The number of imidazole rings is 1. The van der Waals surface area contributed by atoms with Crippen molar-refractivity contribution in [2.75, 3.05) is 0 Å². The van der Waals surface area contributed by atoms with E-state index in [4.69, 9.17) is 8.83 Å². The van der Waals surface area contributed by atoms with Gasteiger partial charge in [-0.3, -0.25) is 5.32 Å². The fraction of sp³-hybridized carbons (Fsp3) is 0.214. The molecule has 19 heavy (non-hydrogen) atoms. The van der Waals surface area contributed by atoms with Crippen LogP contribution in [0.1, 0.15) is 23.2 Å². The van der Waals surface area contributed by atoms with E-state index in [1.807, 2.05) is 36.0 Å². The predicted octanol–water partition coefficient (Wildman–Crippen LogP) is 2.49. The summed E-state index contributed by atoms with van der Waals surface area (Å²) in [7, 11) is 1.97. The highest BCUT2D eigenvalue weighted by atomic mass is 16.3. The highest BCUT2D eigenvalue weighted by Gasteiger charge is 2.20. The fourth-order valence-corrected chi connectivity index (χ4v) is 2.04. The highest BCUT2D eigenvalue weighted by Crippen LogP contribution is 2.21. The second kappa shape index (κ2) is 5.16. The van der Waals surface area contributed by atoms with Crippen LogP contribution < -0.4 is 5.32 Å². The molecule has 0 spiro atoms. The zero-order valence-corrected chi connectivity index (χ0v) is 10.6. The van der Waals surface area contributed by atoms with E-state index >= 15 is 0 Å². The first-order chi connectivity index (χ1) is 9.34. The molecular weight excluding hydrogens is 242 g/mol. The first kappa shape index (κ1) is 11.8. The summed E-state index contributed by atoms with van der Waals surface area (Å²) >= 11 is 0. The van der Waals surface area contributed by atoms with Gasteiger partial charge in [-0.05, 0) is 18.2 Å². The Morgan fingerprint density at radius 3 is 2.95 bits per heavy atom. The van der Waals surface area contributed by atoms with E-state index in [0.717, 1.165) is 17.1 Å². The number of nitrogens with one attached hydrogen (secondary N) is 1.